The van der Waals surface area contributed by atoms with Gasteiger partial charge in [0.05, 0.1) is 17.8 Å². The molecule has 1 rings (SSSR count). The van der Waals surface area contributed by atoms with Crippen LogP contribution in [0.25, 0.3) is 0 Å². The SMILES string of the molecule is CN(CCS(C)(=O)=O)S(=O)(=O)c1[nH]ncc1CCl. The van der Waals surface area contributed by atoms with Gasteiger partial charge in [0.2, 0.25) is 0 Å². The van der Waals surface area contributed by atoms with Gasteiger partial charge in [0.25, 0.3) is 10.0 Å². The minimum absolute atomic E-state index is 0.00494. The summed E-state index contributed by atoms with van der Waals surface area (Å²) >= 11 is 5.59. The van der Waals surface area contributed by atoms with Gasteiger partial charge in [-0.05, 0) is 0 Å². The highest BCUT2D eigenvalue weighted by Crippen LogP contribution is 2.17. The first-order valence-electron chi connectivity index (χ1n) is 4.91. The van der Waals surface area contributed by atoms with E-state index in [1.807, 2.05) is 0 Å². The van der Waals surface area contributed by atoms with Gasteiger partial charge >= 0.3 is 0 Å². The van der Waals surface area contributed by atoms with Crippen molar-refractivity contribution in [1.82, 2.24) is 14.5 Å². The third-order valence-electron chi connectivity index (χ3n) is 2.27. The van der Waals surface area contributed by atoms with E-state index in [-0.39, 0.29) is 23.2 Å². The summed E-state index contributed by atoms with van der Waals surface area (Å²) in [6, 6.07) is 0. The summed E-state index contributed by atoms with van der Waals surface area (Å²) in [6.45, 7) is -0.123. The maximum atomic E-state index is 12.1. The second kappa shape index (κ2) is 5.55. The molecule has 18 heavy (non-hydrogen) atoms. The van der Waals surface area contributed by atoms with E-state index >= 15 is 0 Å². The van der Waals surface area contributed by atoms with Crippen LogP contribution in [0.1, 0.15) is 5.56 Å². The van der Waals surface area contributed by atoms with E-state index in [0.717, 1.165) is 10.6 Å². The molecule has 1 aromatic rings. The Hall–Kier alpha value is -0.640. The molecule has 0 aliphatic rings. The van der Waals surface area contributed by atoms with Gasteiger partial charge in [-0.15, -0.1) is 11.6 Å². The number of H-pyrrole nitrogens is 1. The van der Waals surface area contributed by atoms with E-state index in [1.165, 1.54) is 13.2 Å². The fourth-order valence-corrected chi connectivity index (χ4v) is 3.46. The average Bonchev–Trinajstić information content (AvgIpc) is 2.73. The molecule has 10 heteroatoms. The number of aromatic nitrogens is 2. The molecule has 0 amide bonds. The minimum Gasteiger partial charge on any atom is -0.266 e. The van der Waals surface area contributed by atoms with Gasteiger partial charge in [-0.2, -0.15) is 9.40 Å². The van der Waals surface area contributed by atoms with Crippen molar-refractivity contribution in [3.63, 3.8) is 0 Å². The Morgan fingerprint density at radius 2 is 2.00 bits per heavy atom. The Balaban J connectivity index is 2.94. The molecule has 0 unspecified atom stereocenters. The van der Waals surface area contributed by atoms with E-state index in [0.29, 0.717) is 5.56 Å². The lowest BCUT2D eigenvalue weighted by atomic mass is 10.4. The molecular weight excluding hydrogens is 302 g/mol. The van der Waals surface area contributed by atoms with Gasteiger partial charge in [0, 0.05) is 25.4 Å². The van der Waals surface area contributed by atoms with E-state index in [1.54, 1.807) is 0 Å². The molecule has 0 saturated heterocycles. The summed E-state index contributed by atoms with van der Waals surface area (Å²) in [5.74, 6) is -0.238. The number of sulfonamides is 1. The molecule has 0 aliphatic carbocycles. The predicted octanol–water partition coefficient (Wildman–Crippen LogP) is -0.186. The molecule has 0 aliphatic heterocycles. The normalized spacial score (nSPS) is 13.1. The fraction of sp³-hybridized carbons (Fsp3) is 0.625. The van der Waals surface area contributed by atoms with Crippen LogP contribution in [0.2, 0.25) is 0 Å². The van der Waals surface area contributed by atoms with Crippen LogP contribution in [-0.4, -0.2) is 56.9 Å². The molecule has 0 spiro atoms. The summed E-state index contributed by atoms with van der Waals surface area (Å²) in [5.41, 5.74) is 0.350. The van der Waals surface area contributed by atoms with Gasteiger partial charge in [0.1, 0.15) is 9.84 Å². The quantitative estimate of drug-likeness (QED) is 0.734. The topological polar surface area (TPSA) is 100 Å². The van der Waals surface area contributed by atoms with Crippen molar-refractivity contribution in [2.24, 2.45) is 0 Å². The third-order valence-corrected chi connectivity index (χ3v) is 5.35. The molecule has 0 radical (unpaired) electrons. The number of nitrogens with one attached hydrogen (secondary N) is 1. The molecule has 0 fully saturated rings. The minimum atomic E-state index is -3.79. The number of rotatable bonds is 6. The van der Waals surface area contributed by atoms with E-state index in [9.17, 15) is 16.8 Å². The van der Waals surface area contributed by atoms with E-state index in [2.05, 4.69) is 10.2 Å². The molecule has 1 aromatic heterocycles. The Morgan fingerprint density at radius 3 is 2.50 bits per heavy atom. The van der Waals surface area contributed by atoms with Crippen LogP contribution in [0.4, 0.5) is 0 Å². The maximum Gasteiger partial charge on any atom is 0.260 e. The number of alkyl halides is 1. The van der Waals surface area contributed by atoms with Crippen molar-refractivity contribution < 1.29 is 16.8 Å². The standard InChI is InChI=1S/C8H14ClN3O4S2/c1-12(3-4-17(2,13)14)18(15,16)8-7(5-9)6-10-11-8/h6H,3-5H2,1-2H3,(H,10,11). The number of aromatic amines is 1. The largest absolute Gasteiger partial charge is 0.266 e. The number of hydrogen-bond donors (Lipinski definition) is 1. The van der Waals surface area contributed by atoms with Gasteiger partial charge in [0.15, 0.2) is 5.03 Å². The van der Waals surface area contributed by atoms with Crippen LogP contribution >= 0.6 is 11.6 Å². The van der Waals surface area contributed by atoms with Crippen molar-refractivity contribution in [2.75, 3.05) is 25.6 Å². The lowest BCUT2D eigenvalue weighted by Crippen LogP contribution is -2.32. The fourth-order valence-electron chi connectivity index (χ4n) is 1.19. The van der Waals surface area contributed by atoms with Crippen molar-refractivity contribution >= 4 is 31.5 Å². The van der Waals surface area contributed by atoms with Crippen LogP contribution in [0, 0.1) is 0 Å². The van der Waals surface area contributed by atoms with E-state index < -0.39 is 19.9 Å². The van der Waals surface area contributed by atoms with Gasteiger partial charge in [-0.3, -0.25) is 5.10 Å². The van der Waals surface area contributed by atoms with Gasteiger partial charge < -0.3 is 0 Å². The zero-order valence-electron chi connectivity index (χ0n) is 9.92. The summed E-state index contributed by atoms with van der Waals surface area (Å²) in [7, 11) is -5.71. The second-order valence-corrected chi connectivity index (χ2v) is 8.32. The molecule has 1 heterocycles. The zero-order chi connectivity index (χ0) is 14.0. The first-order chi connectivity index (χ1) is 8.18. The molecule has 0 saturated carbocycles. The molecule has 1 N–H and O–H groups in total. The van der Waals surface area contributed by atoms with Crippen molar-refractivity contribution in [3.8, 4) is 0 Å². The van der Waals surface area contributed by atoms with Crippen LogP contribution in [0.15, 0.2) is 11.2 Å². The van der Waals surface area contributed by atoms with Crippen molar-refractivity contribution in [3.05, 3.63) is 11.8 Å². The third kappa shape index (κ3) is 3.67. The van der Waals surface area contributed by atoms with Crippen LogP contribution in [0.5, 0.6) is 0 Å². The zero-order valence-corrected chi connectivity index (χ0v) is 12.3. The highest BCUT2D eigenvalue weighted by molar-refractivity contribution is 7.91. The number of halogens is 1. The highest BCUT2D eigenvalue weighted by atomic mass is 35.5. The Bertz CT molecular complexity index is 608. The Morgan fingerprint density at radius 1 is 1.39 bits per heavy atom. The Labute approximate surface area is 111 Å². The first kappa shape index (κ1) is 15.4. The summed E-state index contributed by atoms with van der Waals surface area (Å²) in [6.07, 6.45) is 2.37. The van der Waals surface area contributed by atoms with Crippen LogP contribution < -0.4 is 0 Å². The Kier molecular flexibility index (Phi) is 4.76. The molecule has 0 bridgehead atoms. The molecular formula is C8H14ClN3O4S2. The van der Waals surface area contributed by atoms with Crippen LogP contribution in [0.3, 0.4) is 0 Å². The molecule has 104 valence electrons. The average molecular weight is 316 g/mol. The summed E-state index contributed by atoms with van der Waals surface area (Å²) < 4.78 is 47.2. The highest BCUT2D eigenvalue weighted by Gasteiger charge is 2.26. The monoisotopic (exact) mass is 315 g/mol. The van der Waals surface area contributed by atoms with Crippen LogP contribution in [-0.2, 0) is 25.7 Å². The molecule has 7 nitrogen and oxygen atoms in total. The number of nitrogens with zero attached hydrogens (tertiary/aromatic N) is 2. The predicted molar refractivity (Wildman–Crippen MR) is 67.7 cm³/mol. The summed E-state index contributed by atoms with van der Waals surface area (Å²) in [5, 5.41) is 5.88. The number of hydrogen-bond acceptors (Lipinski definition) is 5. The van der Waals surface area contributed by atoms with Crippen molar-refractivity contribution in [2.45, 2.75) is 10.9 Å². The number of sulfone groups is 1. The van der Waals surface area contributed by atoms with Gasteiger partial charge in [-0.1, -0.05) is 0 Å². The maximum absolute atomic E-state index is 12.1. The lowest BCUT2D eigenvalue weighted by Gasteiger charge is -2.15. The molecule has 0 aromatic carbocycles. The smallest absolute Gasteiger partial charge is 0.260 e. The lowest BCUT2D eigenvalue weighted by molar-refractivity contribution is 0.481. The van der Waals surface area contributed by atoms with E-state index in [4.69, 9.17) is 11.6 Å². The second-order valence-electron chi connectivity index (χ2n) is 3.81. The van der Waals surface area contributed by atoms with Crippen molar-refractivity contribution in [1.29, 1.82) is 0 Å². The first-order valence-corrected chi connectivity index (χ1v) is 8.94. The summed E-state index contributed by atoms with van der Waals surface area (Å²) in [4.78, 5) is 0. The molecule has 0 atom stereocenters. The van der Waals surface area contributed by atoms with Gasteiger partial charge in [-0.25, -0.2) is 16.8 Å².